The molecule has 4 heteroatoms. The van der Waals surface area contributed by atoms with E-state index in [9.17, 15) is 0 Å². The minimum atomic E-state index is 0.103. The van der Waals surface area contributed by atoms with Crippen LogP contribution in [0.1, 0.15) is 57.8 Å². The fraction of sp³-hybridized carbons (Fsp3) is 0.714. The van der Waals surface area contributed by atoms with E-state index >= 15 is 0 Å². The minimum absolute atomic E-state index is 0.103. The summed E-state index contributed by atoms with van der Waals surface area (Å²) >= 11 is 3.56. The molecule has 1 heterocycles. The van der Waals surface area contributed by atoms with Crippen molar-refractivity contribution >= 4 is 15.9 Å². The van der Waals surface area contributed by atoms with E-state index < -0.39 is 0 Å². The summed E-state index contributed by atoms with van der Waals surface area (Å²) in [6.07, 6.45) is 7.96. The Hall–Kier alpha value is -0.320. The molecule has 0 aromatic carbocycles. The Labute approximate surface area is 118 Å². The average Bonchev–Trinajstić information content (AvgIpc) is 2.90. The first-order valence-corrected chi connectivity index (χ1v) is 7.57. The summed E-state index contributed by atoms with van der Waals surface area (Å²) in [6.45, 7) is 4.57. The molecule has 0 spiro atoms. The summed E-state index contributed by atoms with van der Waals surface area (Å²) in [6, 6.07) is 2.05. The van der Waals surface area contributed by atoms with Crippen LogP contribution in [0.2, 0.25) is 0 Å². The van der Waals surface area contributed by atoms with Crippen molar-refractivity contribution in [2.45, 2.75) is 52.0 Å². The predicted molar refractivity (Wildman–Crippen MR) is 76.8 cm³/mol. The highest BCUT2D eigenvalue weighted by molar-refractivity contribution is 9.10. The third kappa shape index (κ3) is 2.65. The van der Waals surface area contributed by atoms with E-state index in [1.54, 1.807) is 6.26 Å². The maximum absolute atomic E-state index is 5.84. The number of nitrogens with two attached hydrogens (primary N) is 1. The molecule has 1 aliphatic rings. The van der Waals surface area contributed by atoms with Gasteiger partial charge in [0, 0.05) is 0 Å². The zero-order valence-electron chi connectivity index (χ0n) is 11.2. The summed E-state index contributed by atoms with van der Waals surface area (Å²) in [5.74, 6) is 7.46. The van der Waals surface area contributed by atoms with Crippen LogP contribution in [-0.4, -0.2) is 0 Å². The summed E-state index contributed by atoms with van der Waals surface area (Å²) in [7, 11) is 0. The van der Waals surface area contributed by atoms with Gasteiger partial charge in [-0.05, 0) is 52.6 Å². The van der Waals surface area contributed by atoms with Gasteiger partial charge in [-0.25, -0.2) is 5.43 Å². The summed E-state index contributed by atoms with van der Waals surface area (Å²) in [4.78, 5) is 0. The van der Waals surface area contributed by atoms with Crippen LogP contribution in [0.3, 0.4) is 0 Å². The summed E-state index contributed by atoms with van der Waals surface area (Å²) in [5.41, 5.74) is 3.25. The van der Waals surface area contributed by atoms with E-state index in [1.165, 1.54) is 32.1 Å². The van der Waals surface area contributed by atoms with Gasteiger partial charge < -0.3 is 4.42 Å². The second-order valence-electron chi connectivity index (χ2n) is 5.90. The number of halogens is 1. The third-order valence-electron chi connectivity index (χ3n) is 4.10. The number of rotatable bonds is 5. The van der Waals surface area contributed by atoms with Crippen molar-refractivity contribution in [3.63, 3.8) is 0 Å². The highest BCUT2D eigenvalue weighted by Gasteiger charge is 2.43. The molecule has 102 valence electrons. The highest BCUT2D eigenvalue weighted by atomic mass is 79.9. The molecule has 1 saturated carbocycles. The van der Waals surface area contributed by atoms with E-state index in [-0.39, 0.29) is 11.5 Å². The quantitative estimate of drug-likeness (QED) is 0.634. The molecule has 0 saturated heterocycles. The molecule has 0 aliphatic heterocycles. The SMILES string of the molecule is CC(C)CC1(C(NN)c2occc2Br)CCCC1. The number of hydrogen-bond donors (Lipinski definition) is 2. The molecule has 18 heavy (non-hydrogen) atoms. The van der Waals surface area contributed by atoms with Gasteiger partial charge in [0.25, 0.3) is 0 Å². The normalized spacial score (nSPS) is 20.5. The Morgan fingerprint density at radius 2 is 2.11 bits per heavy atom. The molecule has 1 fully saturated rings. The topological polar surface area (TPSA) is 51.2 Å². The Bertz CT molecular complexity index is 383. The largest absolute Gasteiger partial charge is 0.466 e. The van der Waals surface area contributed by atoms with E-state index in [0.29, 0.717) is 5.92 Å². The molecule has 3 nitrogen and oxygen atoms in total. The van der Waals surface area contributed by atoms with Crippen LogP contribution in [0.25, 0.3) is 0 Å². The van der Waals surface area contributed by atoms with Crippen molar-refractivity contribution in [2.75, 3.05) is 0 Å². The van der Waals surface area contributed by atoms with Gasteiger partial charge in [0.05, 0.1) is 16.8 Å². The van der Waals surface area contributed by atoms with Crippen LogP contribution in [0.4, 0.5) is 0 Å². The molecule has 1 aliphatic carbocycles. The molecule has 1 unspecified atom stereocenters. The number of nitrogens with one attached hydrogen (secondary N) is 1. The van der Waals surface area contributed by atoms with Gasteiger partial charge in [0.2, 0.25) is 0 Å². The molecule has 3 N–H and O–H groups in total. The number of hydrogen-bond acceptors (Lipinski definition) is 3. The first-order chi connectivity index (χ1) is 8.59. The van der Waals surface area contributed by atoms with E-state index in [4.69, 9.17) is 10.3 Å². The van der Waals surface area contributed by atoms with E-state index in [0.717, 1.165) is 10.2 Å². The molecule has 1 atom stereocenters. The van der Waals surface area contributed by atoms with Gasteiger partial charge in [-0.2, -0.15) is 0 Å². The lowest BCUT2D eigenvalue weighted by Gasteiger charge is -2.37. The van der Waals surface area contributed by atoms with Crippen molar-refractivity contribution < 1.29 is 4.42 Å². The number of furan rings is 1. The zero-order valence-corrected chi connectivity index (χ0v) is 12.8. The Morgan fingerprint density at radius 3 is 2.56 bits per heavy atom. The maximum atomic E-state index is 5.84. The van der Waals surface area contributed by atoms with Crippen molar-refractivity contribution in [3.05, 3.63) is 22.6 Å². The lowest BCUT2D eigenvalue weighted by molar-refractivity contribution is 0.138. The molecular weight excluding hydrogens is 292 g/mol. The smallest absolute Gasteiger partial charge is 0.136 e. The van der Waals surface area contributed by atoms with Gasteiger partial charge in [-0.15, -0.1) is 0 Å². The number of hydrazine groups is 1. The van der Waals surface area contributed by atoms with Gasteiger partial charge >= 0.3 is 0 Å². The lowest BCUT2D eigenvalue weighted by Crippen LogP contribution is -2.41. The highest BCUT2D eigenvalue weighted by Crippen LogP contribution is 2.52. The van der Waals surface area contributed by atoms with Crippen molar-refractivity contribution in [1.29, 1.82) is 0 Å². The second-order valence-corrected chi connectivity index (χ2v) is 6.75. The molecule has 1 aromatic rings. The molecular formula is C14H23BrN2O. The van der Waals surface area contributed by atoms with Crippen molar-refractivity contribution in [2.24, 2.45) is 17.2 Å². The Balaban J connectivity index is 2.31. The standard InChI is InChI=1S/C14H23BrN2O/c1-10(2)9-14(6-3-4-7-14)13(17-16)12-11(15)5-8-18-12/h5,8,10,13,17H,3-4,6-7,9,16H2,1-2H3. The van der Waals surface area contributed by atoms with Crippen molar-refractivity contribution in [1.82, 2.24) is 5.43 Å². The lowest BCUT2D eigenvalue weighted by atomic mass is 9.72. The van der Waals surface area contributed by atoms with E-state index in [2.05, 4.69) is 35.2 Å². The summed E-state index contributed by atoms with van der Waals surface area (Å²) in [5, 5.41) is 0. The fourth-order valence-corrected chi connectivity index (χ4v) is 3.98. The zero-order chi connectivity index (χ0) is 13.2. The minimum Gasteiger partial charge on any atom is -0.466 e. The molecule has 2 rings (SSSR count). The van der Waals surface area contributed by atoms with Gasteiger partial charge in [-0.3, -0.25) is 5.84 Å². The van der Waals surface area contributed by atoms with Crippen LogP contribution < -0.4 is 11.3 Å². The van der Waals surface area contributed by atoms with Crippen LogP contribution in [0.5, 0.6) is 0 Å². The molecule has 0 amide bonds. The monoisotopic (exact) mass is 314 g/mol. The van der Waals surface area contributed by atoms with Crippen LogP contribution in [-0.2, 0) is 0 Å². The fourth-order valence-electron chi connectivity index (χ4n) is 3.54. The average molecular weight is 315 g/mol. The molecule has 1 aromatic heterocycles. The Morgan fingerprint density at radius 1 is 1.44 bits per heavy atom. The van der Waals surface area contributed by atoms with E-state index in [1.807, 2.05) is 6.07 Å². The van der Waals surface area contributed by atoms with Crippen LogP contribution in [0.15, 0.2) is 21.2 Å². The predicted octanol–water partition coefficient (Wildman–Crippen LogP) is 4.15. The van der Waals surface area contributed by atoms with Gasteiger partial charge in [0.1, 0.15) is 5.76 Å². The maximum Gasteiger partial charge on any atom is 0.136 e. The molecule has 0 radical (unpaired) electrons. The third-order valence-corrected chi connectivity index (χ3v) is 4.76. The first-order valence-electron chi connectivity index (χ1n) is 6.78. The van der Waals surface area contributed by atoms with Crippen molar-refractivity contribution in [3.8, 4) is 0 Å². The summed E-state index contributed by atoms with van der Waals surface area (Å²) < 4.78 is 6.66. The first kappa shape index (κ1) is 14.1. The Kier molecular flexibility index (Phi) is 4.51. The van der Waals surface area contributed by atoms with Crippen LogP contribution >= 0.6 is 15.9 Å². The van der Waals surface area contributed by atoms with Gasteiger partial charge in [-0.1, -0.05) is 26.7 Å². The molecule has 0 bridgehead atoms. The second kappa shape index (κ2) is 5.76. The van der Waals surface area contributed by atoms with Crippen LogP contribution in [0, 0.1) is 11.3 Å². The van der Waals surface area contributed by atoms with Gasteiger partial charge in [0.15, 0.2) is 0 Å².